The van der Waals surface area contributed by atoms with Gasteiger partial charge in [-0.3, -0.25) is 4.99 Å². The largest absolute Gasteiger partial charge is 0.492 e. The summed E-state index contributed by atoms with van der Waals surface area (Å²) in [7, 11) is 0. The molecule has 0 atom stereocenters. The topological polar surface area (TPSA) is 21.6 Å². The zero-order valence-corrected chi connectivity index (χ0v) is 11.0. The summed E-state index contributed by atoms with van der Waals surface area (Å²) in [6.45, 7) is 5.59. The molecule has 0 amide bonds. The summed E-state index contributed by atoms with van der Waals surface area (Å²) >= 11 is 0. The Hall–Kier alpha value is -1.83. The third-order valence-electron chi connectivity index (χ3n) is 2.93. The zero-order valence-electron chi connectivity index (χ0n) is 11.0. The normalized spacial score (nSPS) is 17.3. The second-order valence-electron chi connectivity index (χ2n) is 4.53. The van der Waals surface area contributed by atoms with Crippen molar-refractivity contribution in [2.24, 2.45) is 4.99 Å². The maximum atomic E-state index is 5.62. The number of hydrogen-bond acceptors (Lipinski definition) is 2. The second-order valence-corrected chi connectivity index (χ2v) is 4.53. The highest BCUT2D eigenvalue weighted by atomic mass is 16.5. The van der Waals surface area contributed by atoms with Crippen LogP contribution in [0.15, 0.2) is 58.6 Å². The first-order valence-electron chi connectivity index (χ1n) is 6.31. The highest BCUT2D eigenvalue weighted by molar-refractivity contribution is 6.02. The van der Waals surface area contributed by atoms with Crippen LogP contribution in [0.1, 0.15) is 20.3 Å². The Bertz CT molecular complexity index is 483. The quantitative estimate of drug-likeness (QED) is 0.735. The Morgan fingerprint density at radius 1 is 1.11 bits per heavy atom. The maximum Gasteiger partial charge on any atom is 0.119 e. The van der Waals surface area contributed by atoms with Gasteiger partial charge < -0.3 is 4.74 Å². The molecule has 94 valence electrons. The average molecular weight is 241 g/mol. The number of rotatable bonds is 4. The Balaban J connectivity index is 1.82. The molecule has 0 spiro atoms. The SMILES string of the molecule is CC1=CC=C(C)C(=NCCOc2ccccc2)C1. The summed E-state index contributed by atoms with van der Waals surface area (Å²) in [6, 6.07) is 9.86. The molecule has 0 heterocycles. The lowest BCUT2D eigenvalue weighted by Gasteiger charge is -2.12. The van der Waals surface area contributed by atoms with E-state index in [9.17, 15) is 0 Å². The highest BCUT2D eigenvalue weighted by Crippen LogP contribution is 2.15. The van der Waals surface area contributed by atoms with Crippen LogP contribution < -0.4 is 4.74 Å². The van der Waals surface area contributed by atoms with E-state index in [4.69, 9.17) is 4.74 Å². The number of para-hydroxylation sites is 1. The van der Waals surface area contributed by atoms with E-state index in [0.717, 1.165) is 12.2 Å². The van der Waals surface area contributed by atoms with Crippen LogP contribution in [0.2, 0.25) is 0 Å². The van der Waals surface area contributed by atoms with Crippen LogP contribution in [-0.2, 0) is 0 Å². The summed E-state index contributed by atoms with van der Waals surface area (Å²) in [5.41, 5.74) is 3.82. The molecule has 1 aromatic carbocycles. The molecule has 0 bridgehead atoms. The first kappa shape index (κ1) is 12.6. The van der Waals surface area contributed by atoms with Gasteiger partial charge in [-0.2, -0.15) is 0 Å². The predicted octanol–water partition coefficient (Wildman–Crippen LogP) is 3.80. The zero-order chi connectivity index (χ0) is 12.8. The van der Waals surface area contributed by atoms with E-state index in [1.807, 2.05) is 30.3 Å². The molecule has 1 aliphatic rings. The van der Waals surface area contributed by atoms with E-state index < -0.39 is 0 Å². The van der Waals surface area contributed by atoms with Gasteiger partial charge in [0.25, 0.3) is 0 Å². The van der Waals surface area contributed by atoms with Gasteiger partial charge in [0.2, 0.25) is 0 Å². The third kappa shape index (κ3) is 3.59. The number of nitrogens with zero attached hydrogens (tertiary/aromatic N) is 1. The van der Waals surface area contributed by atoms with Crippen molar-refractivity contribution >= 4 is 5.71 Å². The molecule has 1 aromatic rings. The standard InChI is InChI=1S/C16H19NO/c1-13-8-9-14(2)16(12-13)17-10-11-18-15-6-4-3-5-7-15/h3-9H,10-12H2,1-2H3. The van der Waals surface area contributed by atoms with Crippen molar-refractivity contribution in [3.63, 3.8) is 0 Å². The van der Waals surface area contributed by atoms with Gasteiger partial charge in [0.05, 0.1) is 6.54 Å². The summed E-state index contributed by atoms with van der Waals surface area (Å²) in [5, 5.41) is 0. The fourth-order valence-electron chi connectivity index (χ4n) is 1.87. The molecule has 0 aliphatic heterocycles. The molecular formula is C16H19NO. The van der Waals surface area contributed by atoms with E-state index in [-0.39, 0.29) is 0 Å². The van der Waals surface area contributed by atoms with E-state index in [2.05, 4.69) is 31.0 Å². The second kappa shape index (κ2) is 6.20. The smallest absolute Gasteiger partial charge is 0.119 e. The molecule has 0 fully saturated rings. The minimum absolute atomic E-state index is 0.629. The van der Waals surface area contributed by atoms with Gasteiger partial charge >= 0.3 is 0 Å². The minimum atomic E-state index is 0.629. The van der Waals surface area contributed by atoms with Crippen LogP contribution in [0.4, 0.5) is 0 Å². The summed E-state index contributed by atoms with van der Waals surface area (Å²) in [6.07, 6.45) is 5.26. The molecule has 2 heteroatoms. The first-order valence-corrected chi connectivity index (χ1v) is 6.31. The van der Waals surface area contributed by atoms with Gasteiger partial charge in [0, 0.05) is 12.1 Å². The van der Waals surface area contributed by atoms with Crippen LogP contribution in [0.5, 0.6) is 5.75 Å². The Morgan fingerprint density at radius 2 is 1.89 bits per heavy atom. The molecule has 0 aromatic heterocycles. The van der Waals surface area contributed by atoms with E-state index in [1.54, 1.807) is 0 Å². The number of benzene rings is 1. The summed E-state index contributed by atoms with van der Waals surface area (Å²) in [4.78, 5) is 4.61. The van der Waals surface area contributed by atoms with Crippen molar-refractivity contribution in [3.05, 3.63) is 53.6 Å². The molecule has 0 saturated heterocycles. The van der Waals surface area contributed by atoms with Gasteiger partial charge in [0.15, 0.2) is 0 Å². The lowest BCUT2D eigenvalue weighted by atomic mass is 9.98. The molecule has 0 saturated carbocycles. The number of aliphatic imine (C=N–C) groups is 1. The summed E-state index contributed by atoms with van der Waals surface area (Å²) in [5.74, 6) is 0.907. The Labute approximate surface area is 109 Å². The molecule has 18 heavy (non-hydrogen) atoms. The van der Waals surface area contributed by atoms with Crippen molar-refractivity contribution in [1.29, 1.82) is 0 Å². The van der Waals surface area contributed by atoms with Gasteiger partial charge in [-0.25, -0.2) is 0 Å². The number of ether oxygens (including phenoxy) is 1. The van der Waals surface area contributed by atoms with E-state index in [0.29, 0.717) is 13.2 Å². The molecule has 0 N–H and O–H groups in total. The van der Waals surface area contributed by atoms with Crippen LogP contribution >= 0.6 is 0 Å². The Morgan fingerprint density at radius 3 is 2.67 bits per heavy atom. The van der Waals surface area contributed by atoms with Gasteiger partial charge in [-0.1, -0.05) is 35.9 Å². The van der Waals surface area contributed by atoms with Crippen molar-refractivity contribution in [2.75, 3.05) is 13.2 Å². The predicted molar refractivity (Wildman–Crippen MR) is 76.4 cm³/mol. The van der Waals surface area contributed by atoms with Crippen molar-refractivity contribution in [1.82, 2.24) is 0 Å². The fourth-order valence-corrected chi connectivity index (χ4v) is 1.87. The lowest BCUT2D eigenvalue weighted by Crippen LogP contribution is -2.09. The minimum Gasteiger partial charge on any atom is -0.492 e. The molecular weight excluding hydrogens is 222 g/mol. The van der Waals surface area contributed by atoms with Crippen molar-refractivity contribution in [2.45, 2.75) is 20.3 Å². The van der Waals surface area contributed by atoms with Crippen molar-refractivity contribution in [3.8, 4) is 5.75 Å². The van der Waals surface area contributed by atoms with Crippen LogP contribution in [0.25, 0.3) is 0 Å². The average Bonchev–Trinajstić information content (AvgIpc) is 2.40. The van der Waals surface area contributed by atoms with Crippen molar-refractivity contribution < 1.29 is 4.74 Å². The molecule has 0 radical (unpaired) electrons. The number of allylic oxidation sites excluding steroid dienone is 4. The third-order valence-corrected chi connectivity index (χ3v) is 2.93. The Kier molecular flexibility index (Phi) is 4.35. The molecule has 0 unspecified atom stereocenters. The maximum absolute atomic E-state index is 5.62. The van der Waals surface area contributed by atoms with Gasteiger partial charge in [0.1, 0.15) is 12.4 Å². The van der Waals surface area contributed by atoms with Crippen LogP contribution in [-0.4, -0.2) is 18.9 Å². The number of hydrogen-bond donors (Lipinski definition) is 0. The fraction of sp³-hybridized carbons (Fsp3) is 0.312. The lowest BCUT2D eigenvalue weighted by molar-refractivity contribution is 0.329. The van der Waals surface area contributed by atoms with E-state index in [1.165, 1.54) is 16.9 Å². The highest BCUT2D eigenvalue weighted by Gasteiger charge is 2.06. The molecule has 2 nitrogen and oxygen atoms in total. The summed E-state index contributed by atoms with van der Waals surface area (Å²) < 4.78 is 5.62. The van der Waals surface area contributed by atoms with Gasteiger partial charge in [-0.15, -0.1) is 0 Å². The first-order chi connectivity index (χ1) is 8.75. The van der Waals surface area contributed by atoms with Crippen LogP contribution in [0, 0.1) is 0 Å². The molecule has 1 aliphatic carbocycles. The monoisotopic (exact) mass is 241 g/mol. The van der Waals surface area contributed by atoms with Crippen LogP contribution in [0.3, 0.4) is 0 Å². The van der Waals surface area contributed by atoms with E-state index >= 15 is 0 Å². The molecule has 2 rings (SSSR count). The van der Waals surface area contributed by atoms with Gasteiger partial charge in [-0.05, 0) is 31.6 Å².